The minimum Gasteiger partial charge on any atom is -0.213 e. The Morgan fingerprint density at radius 1 is 1.24 bits per heavy atom. The van der Waals surface area contributed by atoms with E-state index in [4.69, 9.17) is 5.53 Å². The molecule has 1 N–H and O–H groups in total. The maximum absolute atomic E-state index is 13.7. The molecule has 2 aromatic carbocycles. The van der Waals surface area contributed by atoms with Crippen molar-refractivity contribution in [1.29, 1.82) is 0 Å². The van der Waals surface area contributed by atoms with Crippen molar-refractivity contribution in [3.05, 3.63) is 75.7 Å². The van der Waals surface area contributed by atoms with Crippen LogP contribution in [0.2, 0.25) is 0 Å². The van der Waals surface area contributed by atoms with Gasteiger partial charge in [-0.3, -0.25) is 0 Å². The van der Waals surface area contributed by atoms with Crippen molar-refractivity contribution in [3.8, 4) is 11.8 Å². The number of nitrogens with zero attached hydrogens (tertiary/aromatic N) is 3. The molecule has 0 heterocycles. The summed E-state index contributed by atoms with van der Waals surface area (Å²) < 4.78 is 52.6. The maximum atomic E-state index is 13.7. The van der Waals surface area contributed by atoms with E-state index >= 15 is 0 Å². The van der Waals surface area contributed by atoms with Gasteiger partial charge in [-0.2, -0.15) is 4.72 Å². The summed E-state index contributed by atoms with van der Waals surface area (Å²) >= 11 is 0. The fraction of sp³-hybridized carbons (Fsp3) is 0.125. The molecule has 0 spiro atoms. The predicted molar refractivity (Wildman–Crippen MR) is 89.2 cm³/mol. The average Bonchev–Trinajstić information content (AvgIpc) is 2.54. The molecule has 0 fully saturated rings. The molecule has 0 radical (unpaired) electrons. The first-order chi connectivity index (χ1) is 11.8. The zero-order chi connectivity index (χ0) is 18.4. The van der Waals surface area contributed by atoms with Crippen molar-refractivity contribution in [3.63, 3.8) is 0 Å². The van der Waals surface area contributed by atoms with Gasteiger partial charge in [0.15, 0.2) is 0 Å². The summed E-state index contributed by atoms with van der Waals surface area (Å²) in [5.41, 5.74) is 8.40. The number of halogens is 2. The van der Waals surface area contributed by atoms with Gasteiger partial charge in [0.05, 0.1) is 11.9 Å². The van der Waals surface area contributed by atoms with Crippen LogP contribution in [0.15, 0.2) is 47.6 Å². The Bertz CT molecular complexity index is 992. The van der Waals surface area contributed by atoms with Gasteiger partial charge in [0.2, 0.25) is 10.0 Å². The van der Waals surface area contributed by atoms with Crippen molar-refractivity contribution < 1.29 is 17.2 Å². The first-order valence-corrected chi connectivity index (χ1v) is 8.77. The lowest BCUT2D eigenvalue weighted by atomic mass is 10.1. The lowest BCUT2D eigenvalue weighted by molar-refractivity contribution is 0.581. The van der Waals surface area contributed by atoms with Crippen LogP contribution in [-0.2, 0) is 10.0 Å². The highest BCUT2D eigenvalue weighted by Crippen LogP contribution is 2.24. The maximum Gasteiger partial charge on any atom is 0.210 e. The fourth-order valence-electron chi connectivity index (χ4n) is 2.00. The lowest BCUT2D eigenvalue weighted by Crippen LogP contribution is -2.26. The summed E-state index contributed by atoms with van der Waals surface area (Å²) in [4.78, 5) is 2.49. The molecule has 0 aromatic heterocycles. The number of sulfonamides is 1. The highest BCUT2D eigenvalue weighted by molar-refractivity contribution is 7.88. The van der Waals surface area contributed by atoms with Crippen LogP contribution in [0.4, 0.5) is 14.5 Å². The van der Waals surface area contributed by atoms with Crippen molar-refractivity contribution in [2.24, 2.45) is 5.11 Å². The van der Waals surface area contributed by atoms with Gasteiger partial charge in [0, 0.05) is 16.5 Å². The second-order valence-electron chi connectivity index (χ2n) is 4.98. The van der Waals surface area contributed by atoms with E-state index in [9.17, 15) is 17.2 Å². The standard InChI is InChI=1S/C16H12F2N4O2S/c1-25(23,24)21-15(11-5-3-2-4-6-11)8-7-12-9-13(17)10-14(18)16(12)20-22-19/h2-6,9-10,15,21H,1H3. The molecule has 0 bridgehead atoms. The van der Waals surface area contributed by atoms with Crippen LogP contribution in [-0.4, -0.2) is 14.7 Å². The Hall–Kier alpha value is -2.92. The Morgan fingerprint density at radius 2 is 1.92 bits per heavy atom. The Labute approximate surface area is 143 Å². The molecule has 2 rings (SSSR count). The number of hydrogen-bond acceptors (Lipinski definition) is 3. The second kappa shape index (κ2) is 7.77. The van der Waals surface area contributed by atoms with Crippen molar-refractivity contribution in [1.82, 2.24) is 4.72 Å². The van der Waals surface area contributed by atoms with E-state index in [-0.39, 0.29) is 5.56 Å². The molecule has 1 unspecified atom stereocenters. The van der Waals surface area contributed by atoms with Crippen LogP contribution >= 0.6 is 0 Å². The van der Waals surface area contributed by atoms with Crippen molar-refractivity contribution in [2.75, 3.05) is 6.26 Å². The van der Waals surface area contributed by atoms with Crippen LogP contribution in [0.25, 0.3) is 10.4 Å². The Morgan fingerprint density at radius 3 is 2.52 bits per heavy atom. The number of rotatable bonds is 4. The molecular weight excluding hydrogens is 350 g/mol. The van der Waals surface area contributed by atoms with E-state index in [1.165, 1.54) is 0 Å². The normalized spacial score (nSPS) is 11.8. The molecule has 0 aliphatic carbocycles. The SMILES string of the molecule is CS(=O)(=O)NC(C#Cc1cc(F)cc(F)c1N=[N+]=[N-])c1ccccc1. The fourth-order valence-corrected chi connectivity index (χ4v) is 2.62. The average molecular weight is 362 g/mol. The quantitative estimate of drug-likeness (QED) is 0.390. The third kappa shape index (κ3) is 5.29. The monoisotopic (exact) mass is 362 g/mol. The number of nitrogens with one attached hydrogen (secondary N) is 1. The third-order valence-corrected chi connectivity index (χ3v) is 3.65. The summed E-state index contributed by atoms with van der Waals surface area (Å²) in [5, 5.41) is 3.17. The molecule has 0 saturated carbocycles. The molecule has 9 heteroatoms. The topological polar surface area (TPSA) is 94.9 Å². The van der Waals surface area contributed by atoms with E-state index in [1.807, 2.05) is 0 Å². The van der Waals surface area contributed by atoms with E-state index in [0.29, 0.717) is 11.6 Å². The van der Waals surface area contributed by atoms with Crippen LogP contribution in [0.5, 0.6) is 0 Å². The second-order valence-corrected chi connectivity index (χ2v) is 6.76. The van der Waals surface area contributed by atoms with E-state index in [1.54, 1.807) is 30.3 Å². The molecule has 128 valence electrons. The molecule has 6 nitrogen and oxygen atoms in total. The molecule has 0 amide bonds. The van der Waals surface area contributed by atoms with Gasteiger partial charge >= 0.3 is 0 Å². The predicted octanol–water partition coefficient (Wildman–Crippen LogP) is 3.55. The largest absolute Gasteiger partial charge is 0.213 e. The van der Waals surface area contributed by atoms with Gasteiger partial charge in [-0.1, -0.05) is 47.3 Å². The summed E-state index contributed by atoms with van der Waals surface area (Å²) in [6.07, 6.45) is 0.970. The highest BCUT2D eigenvalue weighted by atomic mass is 32.2. The van der Waals surface area contributed by atoms with Gasteiger partial charge in [0.1, 0.15) is 17.7 Å². The first kappa shape index (κ1) is 18.4. The van der Waals surface area contributed by atoms with Gasteiger partial charge < -0.3 is 0 Å². The molecule has 0 aliphatic heterocycles. The number of hydrogen-bond donors (Lipinski definition) is 1. The smallest absolute Gasteiger partial charge is 0.210 e. The summed E-state index contributed by atoms with van der Waals surface area (Å²) in [7, 11) is -3.60. The molecule has 0 saturated heterocycles. The molecule has 1 atom stereocenters. The lowest BCUT2D eigenvalue weighted by Gasteiger charge is -2.11. The van der Waals surface area contributed by atoms with Gasteiger partial charge in [-0.05, 0) is 17.2 Å². The summed E-state index contributed by atoms with van der Waals surface area (Å²) in [6.45, 7) is 0. The number of benzene rings is 2. The van der Waals surface area contributed by atoms with Crippen LogP contribution in [0.1, 0.15) is 17.2 Å². The molecule has 25 heavy (non-hydrogen) atoms. The van der Waals surface area contributed by atoms with Crippen molar-refractivity contribution >= 4 is 15.7 Å². The van der Waals surface area contributed by atoms with Crippen LogP contribution in [0, 0.1) is 23.5 Å². The number of azide groups is 1. The summed E-state index contributed by atoms with van der Waals surface area (Å²) in [6, 6.07) is 8.97. The van der Waals surface area contributed by atoms with Crippen LogP contribution in [0.3, 0.4) is 0 Å². The Kier molecular flexibility index (Phi) is 5.72. The molecule has 0 aliphatic rings. The van der Waals surface area contributed by atoms with Gasteiger partial charge in [0.25, 0.3) is 0 Å². The van der Waals surface area contributed by atoms with E-state index in [0.717, 1.165) is 12.3 Å². The Balaban J connectivity index is 2.53. The zero-order valence-electron chi connectivity index (χ0n) is 12.9. The van der Waals surface area contributed by atoms with Gasteiger partial charge in [-0.25, -0.2) is 17.2 Å². The van der Waals surface area contributed by atoms with E-state index in [2.05, 4.69) is 26.6 Å². The highest BCUT2D eigenvalue weighted by Gasteiger charge is 2.14. The minimum atomic E-state index is -3.60. The van der Waals surface area contributed by atoms with Crippen molar-refractivity contribution in [2.45, 2.75) is 6.04 Å². The first-order valence-electron chi connectivity index (χ1n) is 6.88. The third-order valence-electron chi connectivity index (χ3n) is 2.99. The zero-order valence-corrected chi connectivity index (χ0v) is 13.8. The molecular formula is C16H12F2N4O2S. The molecule has 2 aromatic rings. The van der Waals surface area contributed by atoms with Gasteiger partial charge in [-0.15, -0.1) is 0 Å². The van der Waals surface area contributed by atoms with Crippen LogP contribution < -0.4 is 4.72 Å². The summed E-state index contributed by atoms with van der Waals surface area (Å²) in [5.74, 6) is 3.13. The van der Waals surface area contributed by atoms with E-state index < -0.39 is 33.4 Å². The minimum absolute atomic E-state index is 0.188.